The summed E-state index contributed by atoms with van der Waals surface area (Å²) in [7, 11) is 3.38. The fourth-order valence-electron chi connectivity index (χ4n) is 3.51. The van der Waals surface area contributed by atoms with Gasteiger partial charge in [-0.25, -0.2) is 0 Å². The molecule has 2 atom stereocenters. The van der Waals surface area contributed by atoms with Crippen LogP contribution in [0.5, 0.6) is 0 Å². The second-order valence-electron chi connectivity index (χ2n) is 5.61. The van der Waals surface area contributed by atoms with Gasteiger partial charge in [0.05, 0.1) is 6.10 Å². The van der Waals surface area contributed by atoms with Crippen LogP contribution < -0.4 is 0 Å². The van der Waals surface area contributed by atoms with E-state index in [4.69, 9.17) is 9.47 Å². The molecule has 0 unspecified atom stereocenters. The topological polar surface area (TPSA) is 38.8 Å². The van der Waals surface area contributed by atoms with E-state index in [1.165, 1.54) is 0 Å². The minimum Gasteiger partial charge on any atom is -0.377 e. The van der Waals surface area contributed by atoms with Gasteiger partial charge in [0.1, 0.15) is 0 Å². The summed E-state index contributed by atoms with van der Waals surface area (Å²) in [5.41, 5.74) is 1.45. The second-order valence-corrected chi connectivity index (χ2v) is 5.61. The predicted octanol–water partition coefficient (Wildman–Crippen LogP) is 2.50. The van der Waals surface area contributed by atoms with Gasteiger partial charge in [0, 0.05) is 32.4 Å². The van der Waals surface area contributed by atoms with Gasteiger partial charge >= 0.3 is 0 Å². The number of hydrogen-bond acceptors (Lipinski definition) is 3. The largest absolute Gasteiger partial charge is 0.377 e. The molecular weight excluding hydrogens is 266 g/mol. The van der Waals surface area contributed by atoms with Gasteiger partial charge < -0.3 is 14.4 Å². The molecule has 3 rings (SSSR count). The first-order chi connectivity index (χ1) is 10.2. The Kier molecular flexibility index (Phi) is 3.83. The SMILES string of the molecule is CO[C@H]1CCC[C@]2(OC)C1=CC(=O)N2Cc1ccccc1. The first kappa shape index (κ1) is 14.3. The molecule has 0 bridgehead atoms. The summed E-state index contributed by atoms with van der Waals surface area (Å²) in [5.74, 6) is 0.0136. The molecule has 1 fully saturated rings. The molecule has 1 aliphatic heterocycles. The van der Waals surface area contributed by atoms with E-state index in [0.29, 0.717) is 6.54 Å². The molecule has 4 nitrogen and oxygen atoms in total. The third kappa shape index (κ3) is 2.28. The average molecular weight is 287 g/mol. The highest BCUT2D eigenvalue weighted by molar-refractivity contribution is 5.93. The lowest BCUT2D eigenvalue weighted by molar-refractivity contribution is -0.158. The number of benzene rings is 1. The monoisotopic (exact) mass is 287 g/mol. The molecule has 1 aromatic rings. The quantitative estimate of drug-likeness (QED) is 0.854. The predicted molar refractivity (Wildman–Crippen MR) is 79.5 cm³/mol. The smallest absolute Gasteiger partial charge is 0.249 e. The van der Waals surface area contributed by atoms with Crippen LogP contribution in [0.3, 0.4) is 0 Å². The van der Waals surface area contributed by atoms with E-state index in [-0.39, 0.29) is 12.0 Å². The van der Waals surface area contributed by atoms with Gasteiger partial charge in [0.15, 0.2) is 5.72 Å². The molecule has 0 aromatic heterocycles. The molecule has 0 N–H and O–H groups in total. The van der Waals surface area contributed by atoms with Crippen LogP contribution in [-0.2, 0) is 20.8 Å². The maximum Gasteiger partial charge on any atom is 0.249 e. The van der Waals surface area contributed by atoms with Crippen molar-refractivity contribution in [3.05, 3.63) is 47.5 Å². The van der Waals surface area contributed by atoms with Gasteiger partial charge in [-0.05, 0) is 24.8 Å². The molecule has 0 spiro atoms. The third-order valence-corrected chi connectivity index (χ3v) is 4.57. The molecule has 112 valence electrons. The zero-order valence-electron chi connectivity index (χ0n) is 12.5. The number of hydrogen-bond donors (Lipinski definition) is 0. The van der Waals surface area contributed by atoms with Crippen molar-refractivity contribution in [2.45, 2.75) is 37.6 Å². The zero-order chi connectivity index (χ0) is 14.9. The molecule has 1 aliphatic carbocycles. The van der Waals surface area contributed by atoms with Crippen LogP contribution in [0.1, 0.15) is 24.8 Å². The molecule has 4 heteroatoms. The van der Waals surface area contributed by atoms with Gasteiger partial charge in [0.2, 0.25) is 5.91 Å². The zero-order valence-corrected chi connectivity index (χ0v) is 12.5. The van der Waals surface area contributed by atoms with Crippen LogP contribution in [0.15, 0.2) is 42.0 Å². The van der Waals surface area contributed by atoms with E-state index >= 15 is 0 Å². The summed E-state index contributed by atoms with van der Waals surface area (Å²) in [6.45, 7) is 0.559. The van der Waals surface area contributed by atoms with E-state index in [1.807, 2.05) is 35.2 Å². The molecule has 1 heterocycles. The Morgan fingerprint density at radius 3 is 2.71 bits per heavy atom. The number of carbonyl (C=O) groups excluding carboxylic acids is 1. The van der Waals surface area contributed by atoms with Crippen molar-refractivity contribution in [3.8, 4) is 0 Å². The number of carbonyl (C=O) groups is 1. The Labute approximate surface area is 125 Å². The lowest BCUT2D eigenvalue weighted by Crippen LogP contribution is -2.53. The maximum atomic E-state index is 12.5. The fourth-order valence-corrected chi connectivity index (χ4v) is 3.51. The van der Waals surface area contributed by atoms with Gasteiger partial charge in [-0.3, -0.25) is 4.79 Å². The molecule has 0 radical (unpaired) electrons. The number of amides is 1. The molecule has 21 heavy (non-hydrogen) atoms. The Balaban J connectivity index is 1.93. The van der Waals surface area contributed by atoms with E-state index in [2.05, 4.69) is 0 Å². The highest BCUT2D eigenvalue weighted by Gasteiger charge is 2.52. The third-order valence-electron chi connectivity index (χ3n) is 4.57. The summed E-state index contributed by atoms with van der Waals surface area (Å²) in [4.78, 5) is 14.3. The minimum atomic E-state index is -0.633. The van der Waals surface area contributed by atoms with Crippen LogP contribution in [0, 0.1) is 0 Å². The van der Waals surface area contributed by atoms with Gasteiger partial charge in [0.25, 0.3) is 0 Å². The van der Waals surface area contributed by atoms with E-state index < -0.39 is 5.72 Å². The molecular formula is C17H21NO3. The average Bonchev–Trinajstić information content (AvgIpc) is 2.81. The lowest BCUT2D eigenvalue weighted by atomic mass is 9.84. The Morgan fingerprint density at radius 2 is 2.05 bits per heavy atom. The molecule has 2 aliphatic rings. The van der Waals surface area contributed by atoms with Crippen molar-refractivity contribution in [2.75, 3.05) is 14.2 Å². The second kappa shape index (κ2) is 5.62. The molecule has 0 saturated heterocycles. The van der Waals surface area contributed by atoms with E-state index in [1.54, 1.807) is 20.3 Å². The number of methoxy groups -OCH3 is 2. The Bertz CT molecular complexity index is 554. The highest BCUT2D eigenvalue weighted by Crippen LogP contribution is 2.44. The van der Waals surface area contributed by atoms with Crippen LogP contribution in [-0.4, -0.2) is 36.9 Å². The summed E-state index contributed by atoms with van der Waals surface area (Å²) < 4.78 is 11.4. The summed E-state index contributed by atoms with van der Waals surface area (Å²) in [5, 5.41) is 0. The van der Waals surface area contributed by atoms with E-state index in [0.717, 1.165) is 30.4 Å². The Hall–Kier alpha value is -1.65. The van der Waals surface area contributed by atoms with Crippen LogP contribution >= 0.6 is 0 Å². The number of nitrogens with zero attached hydrogens (tertiary/aromatic N) is 1. The van der Waals surface area contributed by atoms with Gasteiger partial charge in [-0.2, -0.15) is 0 Å². The van der Waals surface area contributed by atoms with Gasteiger partial charge in [-0.1, -0.05) is 30.3 Å². The standard InChI is InChI=1S/C17H21NO3/c1-20-15-9-6-10-17(21-2)14(15)11-16(19)18(17)12-13-7-4-3-5-8-13/h3-5,7-8,11,15H,6,9-10,12H2,1-2H3/t15-,17-/m0/s1. The molecule has 1 aromatic carbocycles. The first-order valence-corrected chi connectivity index (χ1v) is 7.37. The highest BCUT2D eigenvalue weighted by atomic mass is 16.5. The van der Waals surface area contributed by atoms with Crippen LogP contribution in [0.2, 0.25) is 0 Å². The van der Waals surface area contributed by atoms with Gasteiger partial charge in [-0.15, -0.1) is 0 Å². The van der Waals surface area contributed by atoms with Crippen molar-refractivity contribution in [3.63, 3.8) is 0 Å². The van der Waals surface area contributed by atoms with Crippen molar-refractivity contribution in [1.29, 1.82) is 0 Å². The first-order valence-electron chi connectivity index (χ1n) is 7.37. The normalized spacial score (nSPS) is 28.5. The molecule has 1 saturated carbocycles. The summed E-state index contributed by atoms with van der Waals surface area (Å²) in [6.07, 6.45) is 4.44. The fraction of sp³-hybridized carbons (Fsp3) is 0.471. The van der Waals surface area contributed by atoms with Crippen LogP contribution in [0.4, 0.5) is 0 Å². The summed E-state index contributed by atoms with van der Waals surface area (Å²) in [6, 6.07) is 10.0. The summed E-state index contributed by atoms with van der Waals surface area (Å²) >= 11 is 0. The van der Waals surface area contributed by atoms with E-state index in [9.17, 15) is 4.79 Å². The molecule has 1 amide bonds. The minimum absolute atomic E-state index is 0.0136. The Morgan fingerprint density at radius 1 is 1.29 bits per heavy atom. The maximum absolute atomic E-state index is 12.5. The number of rotatable bonds is 4. The van der Waals surface area contributed by atoms with Crippen molar-refractivity contribution in [2.24, 2.45) is 0 Å². The van der Waals surface area contributed by atoms with Crippen molar-refractivity contribution in [1.82, 2.24) is 4.90 Å². The number of fused-ring (bicyclic) bond motifs is 1. The van der Waals surface area contributed by atoms with Crippen molar-refractivity contribution < 1.29 is 14.3 Å². The van der Waals surface area contributed by atoms with Crippen molar-refractivity contribution >= 4 is 5.91 Å². The lowest BCUT2D eigenvalue weighted by Gasteiger charge is -2.44. The number of ether oxygens (including phenoxy) is 2. The van der Waals surface area contributed by atoms with Crippen LogP contribution in [0.25, 0.3) is 0 Å².